The second-order valence-corrected chi connectivity index (χ2v) is 4.50. The van der Waals surface area contributed by atoms with E-state index in [-0.39, 0.29) is 0 Å². The standard InChI is InChI=1S/C13H18N2O2/c1-2-12-13(16-8-7-15-12)9-11(1)17-10-3-5-14-6-4-10/h1-2,9-10,14-15H,3-8H2. The molecule has 0 radical (unpaired) electrons. The van der Waals surface area contributed by atoms with Crippen LogP contribution in [0.4, 0.5) is 5.69 Å². The van der Waals surface area contributed by atoms with Gasteiger partial charge in [-0.3, -0.25) is 0 Å². The number of rotatable bonds is 2. The van der Waals surface area contributed by atoms with Crippen molar-refractivity contribution in [2.75, 3.05) is 31.6 Å². The van der Waals surface area contributed by atoms with E-state index in [2.05, 4.69) is 10.6 Å². The van der Waals surface area contributed by atoms with Gasteiger partial charge in [-0.1, -0.05) is 0 Å². The monoisotopic (exact) mass is 234 g/mol. The van der Waals surface area contributed by atoms with Crippen LogP contribution in [0.25, 0.3) is 0 Å². The van der Waals surface area contributed by atoms with Crippen LogP contribution in [0.5, 0.6) is 11.5 Å². The highest BCUT2D eigenvalue weighted by Crippen LogP contribution is 2.32. The maximum atomic E-state index is 5.97. The normalized spacial score (nSPS) is 20.0. The molecule has 0 amide bonds. The summed E-state index contributed by atoms with van der Waals surface area (Å²) in [5.41, 5.74) is 1.06. The maximum Gasteiger partial charge on any atom is 0.146 e. The predicted octanol–water partition coefficient (Wildman–Crippen LogP) is 1.62. The molecule has 2 aliphatic heterocycles. The summed E-state index contributed by atoms with van der Waals surface area (Å²) in [6, 6.07) is 6.04. The first-order valence-corrected chi connectivity index (χ1v) is 6.30. The van der Waals surface area contributed by atoms with Gasteiger partial charge in [0.15, 0.2) is 0 Å². The molecule has 3 rings (SSSR count). The minimum atomic E-state index is 0.339. The van der Waals surface area contributed by atoms with Crippen molar-refractivity contribution in [3.63, 3.8) is 0 Å². The molecule has 2 aliphatic rings. The molecule has 1 saturated heterocycles. The van der Waals surface area contributed by atoms with Crippen LogP contribution < -0.4 is 20.1 Å². The van der Waals surface area contributed by atoms with E-state index in [0.717, 1.165) is 56.3 Å². The molecule has 0 atom stereocenters. The molecule has 1 aromatic carbocycles. The van der Waals surface area contributed by atoms with Crippen molar-refractivity contribution >= 4 is 5.69 Å². The van der Waals surface area contributed by atoms with Crippen LogP contribution in [0.2, 0.25) is 0 Å². The predicted molar refractivity (Wildman–Crippen MR) is 66.9 cm³/mol. The third kappa shape index (κ3) is 2.47. The Bertz CT molecular complexity index is 389. The highest BCUT2D eigenvalue weighted by atomic mass is 16.5. The van der Waals surface area contributed by atoms with Gasteiger partial charge >= 0.3 is 0 Å². The van der Waals surface area contributed by atoms with Crippen LogP contribution in [0.3, 0.4) is 0 Å². The summed E-state index contributed by atoms with van der Waals surface area (Å²) in [6.45, 7) is 3.70. The van der Waals surface area contributed by atoms with Crippen molar-refractivity contribution in [1.82, 2.24) is 5.32 Å². The Balaban J connectivity index is 1.70. The summed E-state index contributed by atoms with van der Waals surface area (Å²) < 4.78 is 11.6. The summed E-state index contributed by atoms with van der Waals surface area (Å²) in [4.78, 5) is 0. The number of hydrogen-bond acceptors (Lipinski definition) is 4. The Morgan fingerprint density at radius 2 is 2.06 bits per heavy atom. The van der Waals surface area contributed by atoms with Gasteiger partial charge in [0.25, 0.3) is 0 Å². The SMILES string of the molecule is c1cc2c(cc1OC1CCNCC1)OCCN2. The molecule has 4 heteroatoms. The zero-order valence-corrected chi connectivity index (χ0v) is 9.87. The molecule has 0 saturated carbocycles. The average molecular weight is 234 g/mol. The number of hydrogen-bond donors (Lipinski definition) is 2. The Hall–Kier alpha value is -1.42. The molecule has 0 aromatic heterocycles. The maximum absolute atomic E-state index is 5.97. The van der Waals surface area contributed by atoms with Gasteiger partial charge in [-0.2, -0.15) is 0 Å². The molecule has 0 spiro atoms. The zero-order chi connectivity index (χ0) is 11.5. The molecular weight excluding hydrogens is 216 g/mol. The van der Waals surface area contributed by atoms with Crippen molar-refractivity contribution in [2.24, 2.45) is 0 Å². The lowest BCUT2D eigenvalue weighted by Crippen LogP contribution is -2.34. The Morgan fingerprint density at radius 3 is 2.94 bits per heavy atom. The second kappa shape index (κ2) is 4.84. The highest BCUT2D eigenvalue weighted by Gasteiger charge is 2.16. The molecular formula is C13H18N2O2. The minimum Gasteiger partial charge on any atom is -0.490 e. The fourth-order valence-corrected chi connectivity index (χ4v) is 2.29. The first kappa shape index (κ1) is 10.7. The van der Waals surface area contributed by atoms with Gasteiger partial charge in [-0.25, -0.2) is 0 Å². The van der Waals surface area contributed by atoms with Gasteiger partial charge in [0.05, 0.1) is 5.69 Å². The van der Waals surface area contributed by atoms with E-state index in [1.807, 2.05) is 18.2 Å². The van der Waals surface area contributed by atoms with Gasteiger partial charge in [0.1, 0.15) is 24.2 Å². The zero-order valence-electron chi connectivity index (χ0n) is 9.87. The van der Waals surface area contributed by atoms with E-state index in [1.54, 1.807) is 0 Å². The molecule has 0 unspecified atom stereocenters. The third-order valence-corrected chi connectivity index (χ3v) is 3.22. The molecule has 17 heavy (non-hydrogen) atoms. The molecule has 2 N–H and O–H groups in total. The lowest BCUT2D eigenvalue weighted by molar-refractivity contribution is 0.162. The summed E-state index contributed by atoms with van der Waals surface area (Å²) in [5, 5.41) is 6.64. The smallest absolute Gasteiger partial charge is 0.146 e. The fourth-order valence-electron chi connectivity index (χ4n) is 2.29. The lowest BCUT2D eigenvalue weighted by Gasteiger charge is -2.25. The van der Waals surface area contributed by atoms with Crippen molar-refractivity contribution in [2.45, 2.75) is 18.9 Å². The van der Waals surface area contributed by atoms with E-state index < -0.39 is 0 Å². The lowest BCUT2D eigenvalue weighted by atomic mass is 10.1. The Morgan fingerprint density at radius 1 is 1.18 bits per heavy atom. The number of ether oxygens (including phenoxy) is 2. The second-order valence-electron chi connectivity index (χ2n) is 4.50. The van der Waals surface area contributed by atoms with E-state index in [9.17, 15) is 0 Å². The highest BCUT2D eigenvalue weighted by molar-refractivity contribution is 5.60. The number of piperidine rings is 1. The first-order chi connectivity index (χ1) is 8.42. The quantitative estimate of drug-likeness (QED) is 0.816. The van der Waals surface area contributed by atoms with Crippen molar-refractivity contribution in [3.05, 3.63) is 18.2 Å². The van der Waals surface area contributed by atoms with Crippen LogP contribution >= 0.6 is 0 Å². The molecule has 0 bridgehead atoms. The van der Waals surface area contributed by atoms with Gasteiger partial charge < -0.3 is 20.1 Å². The van der Waals surface area contributed by atoms with Gasteiger partial charge in [-0.05, 0) is 38.1 Å². The molecule has 1 aromatic rings. The molecule has 4 nitrogen and oxygen atoms in total. The fraction of sp³-hybridized carbons (Fsp3) is 0.538. The minimum absolute atomic E-state index is 0.339. The van der Waals surface area contributed by atoms with Crippen LogP contribution in [0.15, 0.2) is 18.2 Å². The first-order valence-electron chi connectivity index (χ1n) is 6.30. The number of fused-ring (bicyclic) bond motifs is 1. The Kier molecular flexibility index (Phi) is 3.05. The summed E-state index contributed by atoms with van der Waals surface area (Å²) in [5.74, 6) is 1.82. The van der Waals surface area contributed by atoms with Crippen molar-refractivity contribution in [1.29, 1.82) is 0 Å². The van der Waals surface area contributed by atoms with Crippen LogP contribution in [-0.2, 0) is 0 Å². The van der Waals surface area contributed by atoms with Crippen LogP contribution in [0.1, 0.15) is 12.8 Å². The number of anilines is 1. The van der Waals surface area contributed by atoms with Gasteiger partial charge in [-0.15, -0.1) is 0 Å². The Labute approximate surface area is 101 Å². The third-order valence-electron chi connectivity index (χ3n) is 3.22. The van der Waals surface area contributed by atoms with Crippen molar-refractivity contribution < 1.29 is 9.47 Å². The van der Waals surface area contributed by atoms with E-state index in [0.29, 0.717) is 6.10 Å². The molecule has 0 aliphatic carbocycles. The van der Waals surface area contributed by atoms with Crippen LogP contribution in [-0.4, -0.2) is 32.3 Å². The molecule has 2 heterocycles. The van der Waals surface area contributed by atoms with E-state index in [4.69, 9.17) is 9.47 Å². The summed E-state index contributed by atoms with van der Waals surface area (Å²) in [7, 11) is 0. The summed E-state index contributed by atoms with van der Waals surface area (Å²) >= 11 is 0. The van der Waals surface area contributed by atoms with Crippen LogP contribution in [0, 0.1) is 0 Å². The summed E-state index contributed by atoms with van der Waals surface area (Å²) in [6.07, 6.45) is 2.50. The van der Waals surface area contributed by atoms with E-state index >= 15 is 0 Å². The average Bonchev–Trinajstić information content (AvgIpc) is 2.40. The van der Waals surface area contributed by atoms with E-state index in [1.165, 1.54) is 0 Å². The molecule has 1 fully saturated rings. The van der Waals surface area contributed by atoms with Gasteiger partial charge in [0.2, 0.25) is 0 Å². The van der Waals surface area contributed by atoms with Crippen molar-refractivity contribution in [3.8, 4) is 11.5 Å². The largest absolute Gasteiger partial charge is 0.490 e. The number of nitrogens with one attached hydrogen (secondary N) is 2. The molecule has 92 valence electrons. The number of benzene rings is 1. The topological polar surface area (TPSA) is 42.5 Å². The van der Waals surface area contributed by atoms with Gasteiger partial charge in [0, 0.05) is 12.6 Å².